The number of likely N-dealkylation sites (N-methyl/N-ethyl adjacent to an activating group) is 1. The van der Waals surface area contributed by atoms with E-state index in [-0.39, 0.29) is 34.6 Å². The Balaban J connectivity index is 1.55. The molecule has 4 aromatic rings. The number of benzene rings is 2. The van der Waals surface area contributed by atoms with Gasteiger partial charge in [-0.25, -0.2) is 50.1 Å². The van der Waals surface area contributed by atoms with Crippen molar-refractivity contribution < 1.29 is 30.0 Å². The first-order valence-electron chi connectivity index (χ1n) is 13.0. The second-order valence-electron chi connectivity index (χ2n) is 10.6. The highest BCUT2D eigenvalue weighted by molar-refractivity contribution is 7.90. The summed E-state index contributed by atoms with van der Waals surface area (Å²) in [6.45, 7) is 1.62. The monoisotopic (exact) mass is 650 g/mol. The van der Waals surface area contributed by atoms with Crippen LogP contribution in [0.2, 0.25) is 0 Å². The summed E-state index contributed by atoms with van der Waals surface area (Å²) < 4.78 is 94.2. The molecule has 16 heteroatoms. The minimum absolute atomic E-state index is 0.0723. The van der Waals surface area contributed by atoms with E-state index in [4.69, 9.17) is 10.1 Å². The smallest absolute Gasteiger partial charge is 0.247 e. The number of sulfone groups is 1. The number of hydrogen-bond donors (Lipinski definition) is 1. The van der Waals surface area contributed by atoms with Crippen LogP contribution in [0.3, 0.4) is 0 Å². The molecule has 2 fully saturated rings. The lowest BCUT2D eigenvalue weighted by Crippen LogP contribution is -2.52. The molecular weight excluding hydrogens is 626 g/mol. The van der Waals surface area contributed by atoms with Crippen LogP contribution in [0.1, 0.15) is 12.8 Å². The molecule has 0 aliphatic carbocycles. The predicted molar refractivity (Wildman–Crippen MR) is 155 cm³/mol. The quantitative estimate of drug-likeness (QED) is 0.310. The Morgan fingerprint density at radius 3 is 2.21 bits per heavy atom. The lowest BCUT2D eigenvalue weighted by atomic mass is 9.99. The fraction of sp³-hybridized carbons (Fsp3) is 0.296. The van der Waals surface area contributed by atoms with Crippen LogP contribution in [0.4, 0.5) is 18.3 Å². The minimum Gasteiger partial charge on any atom is -0.340 e. The van der Waals surface area contributed by atoms with Crippen molar-refractivity contribution in [3.05, 3.63) is 60.0 Å². The highest BCUT2D eigenvalue weighted by atomic mass is 32.2. The van der Waals surface area contributed by atoms with E-state index in [1.807, 2.05) is 7.05 Å². The van der Waals surface area contributed by atoms with Crippen LogP contribution >= 0.6 is 11.3 Å². The molecule has 2 saturated heterocycles. The van der Waals surface area contributed by atoms with Gasteiger partial charge in [-0.2, -0.15) is 0 Å². The largest absolute Gasteiger partial charge is 0.340 e. The summed E-state index contributed by atoms with van der Waals surface area (Å²) in [4.78, 5) is 16.4. The average Bonchev–Trinajstić information content (AvgIpc) is 3.47. The molecule has 2 bridgehead atoms. The molecule has 2 aliphatic heterocycles. The normalized spacial score (nSPS) is 19.3. The van der Waals surface area contributed by atoms with E-state index >= 15 is 8.78 Å². The molecule has 2 N–H and O–H groups in total. The molecule has 10 nitrogen and oxygen atoms in total. The number of nitrogens with two attached hydrogens (primary N) is 1. The molecule has 2 aromatic heterocycles. The molecule has 226 valence electrons. The zero-order chi connectivity index (χ0) is 30.8. The first-order chi connectivity index (χ1) is 20.2. The number of anilines is 1. The lowest BCUT2D eigenvalue weighted by Gasteiger charge is -2.39. The maximum atomic E-state index is 16.4. The van der Waals surface area contributed by atoms with Crippen LogP contribution in [-0.4, -0.2) is 75.2 Å². The van der Waals surface area contributed by atoms with E-state index in [9.17, 15) is 21.2 Å². The maximum absolute atomic E-state index is 16.4. The Kier molecular flexibility index (Phi) is 7.32. The van der Waals surface area contributed by atoms with Crippen LogP contribution in [0.25, 0.3) is 33.0 Å². The number of rotatable bonds is 6. The highest BCUT2D eigenvalue weighted by Crippen LogP contribution is 2.45. The molecule has 2 atom stereocenters. The van der Waals surface area contributed by atoms with Crippen LogP contribution in [0.5, 0.6) is 0 Å². The number of likely N-dealkylation sites (tertiary alicyclic amines) is 1. The van der Waals surface area contributed by atoms with Gasteiger partial charge in [-0.3, -0.25) is 0 Å². The van der Waals surface area contributed by atoms with Crippen molar-refractivity contribution in [2.24, 2.45) is 5.14 Å². The van der Waals surface area contributed by atoms with Gasteiger partial charge in [-0.1, -0.05) is 23.5 Å². The third kappa shape index (κ3) is 5.31. The minimum atomic E-state index is -4.80. The number of sulfonamides is 1. The topological polar surface area (TPSA) is 139 Å². The van der Waals surface area contributed by atoms with Gasteiger partial charge in [0.2, 0.25) is 25.0 Å². The summed E-state index contributed by atoms with van der Waals surface area (Å²) >= 11 is 1.23. The van der Waals surface area contributed by atoms with Gasteiger partial charge in [-0.05, 0) is 44.2 Å². The Bertz CT molecular complexity index is 1970. The van der Waals surface area contributed by atoms with Gasteiger partial charge >= 0.3 is 0 Å². The number of nitrogens with zero attached hydrogens (tertiary/aromatic N) is 5. The predicted octanol–water partition coefficient (Wildman–Crippen LogP) is 3.69. The summed E-state index contributed by atoms with van der Waals surface area (Å²) in [6, 6.07) is 7.54. The molecule has 0 saturated carbocycles. The average molecular weight is 651 g/mol. The molecule has 6 rings (SSSR count). The van der Waals surface area contributed by atoms with Crippen molar-refractivity contribution in [3.8, 4) is 33.0 Å². The molecule has 0 amide bonds. The van der Waals surface area contributed by atoms with Gasteiger partial charge in [0.25, 0.3) is 0 Å². The van der Waals surface area contributed by atoms with Gasteiger partial charge < -0.3 is 9.80 Å². The second kappa shape index (κ2) is 10.6. The number of thiazole rings is 1. The molecule has 2 aliphatic rings. The van der Waals surface area contributed by atoms with Crippen molar-refractivity contribution in [2.45, 2.75) is 35.0 Å². The van der Waals surface area contributed by atoms with E-state index in [0.717, 1.165) is 38.3 Å². The Labute approximate surface area is 250 Å². The van der Waals surface area contributed by atoms with E-state index in [2.05, 4.69) is 19.8 Å². The van der Waals surface area contributed by atoms with Gasteiger partial charge in [0.1, 0.15) is 11.6 Å². The highest BCUT2D eigenvalue weighted by Gasteiger charge is 2.41. The van der Waals surface area contributed by atoms with E-state index in [1.54, 1.807) is 0 Å². The summed E-state index contributed by atoms with van der Waals surface area (Å²) in [7, 11) is -6.53. The molecule has 43 heavy (non-hydrogen) atoms. The number of piperazine rings is 1. The standard InChI is InChI=1S/C27H25F3N6O4S3/c1-35-12-14-6-7-15(13-35)36(14)27-34-23(24(41-27)20-10-11-32-26(33-20)42(2,37)38)18-5-3-4-16(21(18)29)17-8-9-19(28)25(22(17)30)43(31,39)40/h3-5,8-11,14-15H,6-7,12-13H2,1-2H3,(H2,31,39,40). The van der Waals surface area contributed by atoms with Gasteiger partial charge in [0, 0.05) is 54.3 Å². The zero-order valence-electron chi connectivity index (χ0n) is 22.8. The number of aromatic nitrogens is 3. The first kappa shape index (κ1) is 29.6. The van der Waals surface area contributed by atoms with Crippen molar-refractivity contribution in [3.63, 3.8) is 0 Å². The number of primary sulfonamides is 1. The third-order valence-electron chi connectivity index (χ3n) is 7.58. The molecule has 0 spiro atoms. The lowest BCUT2D eigenvalue weighted by molar-refractivity contribution is 0.264. The van der Waals surface area contributed by atoms with Gasteiger partial charge in [0.15, 0.2) is 15.8 Å². The molecule has 2 unspecified atom stereocenters. The molecule has 2 aromatic carbocycles. The van der Waals surface area contributed by atoms with Crippen molar-refractivity contribution >= 4 is 36.3 Å². The summed E-state index contributed by atoms with van der Waals surface area (Å²) in [5.74, 6) is -3.88. The Morgan fingerprint density at radius 1 is 0.907 bits per heavy atom. The number of fused-ring (bicyclic) bond motifs is 2. The molecule has 4 heterocycles. The Morgan fingerprint density at radius 2 is 1.56 bits per heavy atom. The molecular formula is C27H25F3N6O4S3. The molecule has 0 radical (unpaired) electrons. The fourth-order valence-corrected chi connectivity index (χ4v) is 8.18. The first-order valence-corrected chi connectivity index (χ1v) is 17.3. The SMILES string of the molecule is CN1CC2CCC(C1)N2c1nc(-c2cccc(-c3ccc(F)c(S(N)(=O)=O)c3F)c2F)c(-c2ccnc(S(C)(=O)=O)n2)s1. The van der Waals surface area contributed by atoms with E-state index < -0.39 is 52.9 Å². The van der Waals surface area contributed by atoms with Crippen LogP contribution in [-0.2, 0) is 19.9 Å². The number of hydrogen-bond acceptors (Lipinski definition) is 10. The maximum Gasteiger partial charge on any atom is 0.247 e. The summed E-state index contributed by atoms with van der Waals surface area (Å²) in [5, 5.41) is 5.21. The van der Waals surface area contributed by atoms with E-state index in [1.165, 1.54) is 41.8 Å². The summed E-state index contributed by atoms with van der Waals surface area (Å²) in [6.07, 6.45) is 4.16. The zero-order valence-corrected chi connectivity index (χ0v) is 25.3. The van der Waals surface area contributed by atoms with Crippen molar-refractivity contribution in [1.82, 2.24) is 19.9 Å². The van der Waals surface area contributed by atoms with Crippen molar-refractivity contribution in [1.29, 1.82) is 0 Å². The van der Waals surface area contributed by atoms with Crippen molar-refractivity contribution in [2.75, 3.05) is 31.3 Å². The second-order valence-corrected chi connectivity index (χ2v) is 15.0. The van der Waals surface area contributed by atoms with Crippen LogP contribution in [0.15, 0.2) is 52.6 Å². The van der Waals surface area contributed by atoms with Crippen LogP contribution < -0.4 is 10.0 Å². The van der Waals surface area contributed by atoms with Gasteiger partial charge in [-0.15, -0.1) is 0 Å². The Hall–Kier alpha value is -3.44. The van der Waals surface area contributed by atoms with Crippen LogP contribution in [0, 0.1) is 17.5 Å². The fourth-order valence-electron chi connectivity index (χ4n) is 5.77. The number of halogens is 3. The third-order valence-corrected chi connectivity index (χ3v) is 10.5. The van der Waals surface area contributed by atoms with Gasteiger partial charge in [0.05, 0.1) is 16.3 Å². The summed E-state index contributed by atoms with van der Waals surface area (Å²) in [5.41, 5.74) is -0.605. The van der Waals surface area contributed by atoms with E-state index in [0.29, 0.717) is 16.1 Å².